The van der Waals surface area contributed by atoms with E-state index in [1.165, 1.54) is 12.1 Å². The van der Waals surface area contributed by atoms with Gasteiger partial charge in [-0.15, -0.1) is 0 Å². The van der Waals surface area contributed by atoms with Gasteiger partial charge in [-0.25, -0.2) is 14.4 Å². The van der Waals surface area contributed by atoms with E-state index in [1.54, 1.807) is 19.1 Å². The Morgan fingerprint density at radius 3 is 2.40 bits per heavy atom. The van der Waals surface area contributed by atoms with Crippen LogP contribution in [0.1, 0.15) is 33.3 Å². The maximum Gasteiger partial charge on any atom is 0.252 e. The van der Waals surface area contributed by atoms with Gasteiger partial charge in [0.1, 0.15) is 11.6 Å². The van der Waals surface area contributed by atoms with Gasteiger partial charge < -0.3 is 5.32 Å². The Balaban J connectivity index is 1.76. The molecular formula is C19H19FN4O. The lowest BCUT2D eigenvalue weighted by Gasteiger charge is -2.09. The second-order valence-corrected chi connectivity index (χ2v) is 6.05. The lowest BCUT2D eigenvalue weighted by molar-refractivity contribution is 0.0955. The van der Waals surface area contributed by atoms with Crippen LogP contribution in [0, 0.1) is 26.6 Å². The van der Waals surface area contributed by atoms with E-state index in [-0.39, 0.29) is 11.7 Å². The third kappa shape index (κ3) is 3.96. The molecule has 0 aliphatic heterocycles. The number of carbonyl (C=O) groups is 1. The summed E-state index contributed by atoms with van der Waals surface area (Å²) in [7, 11) is 0. The first-order valence-corrected chi connectivity index (χ1v) is 8.08. The molecule has 1 aromatic carbocycles. The van der Waals surface area contributed by atoms with Crippen molar-refractivity contribution in [2.24, 2.45) is 0 Å². The van der Waals surface area contributed by atoms with Gasteiger partial charge in [-0.1, -0.05) is 0 Å². The average Bonchev–Trinajstić information content (AvgIpc) is 2.52. The number of benzene rings is 1. The third-order valence-electron chi connectivity index (χ3n) is 3.81. The summed E-state index contributed by atoms with van der Waals surface area (Å²) in [5.41, 5.74) is 3.45. The average molecular weight is 338 g/mol. The minimum atomic E-state index is -0.371. The second kappa shape index (κ2) is 6.93. The molecule has 0 saturated carbocycles. The number of nitrogens with zero attached hydrogens (tertiary/aromatic N) is 3. The predicted octanol–water partition coefficient (Wildman–Crippen LogP) is 3.06. The summed E-state index contributed by atoms with van der Waals surface area (Å²) in [4.78, 5) is 25.6. The lowest BCUT2D eigenvalue weighted by Crippen LogP contribution is -2.26. The van der Waals surface area contributed by atoms with Crippen LogP contribution in [0.5, 0.6) is 0 Å². The molecule has 2 aromatic heterocycles. The molecule has 2 heterocycles. The highest BCUT2D eigenvalue weighted by molar-refractivity contribution is 6.06. The minimum absolute atomic E-state index is 0.216. The molecule has 1 N–H and O–H groups in total. The zero-order valence-electron chi connectivity index (χ0n) is 14.4. The third-order valence-corrected chi connectivity index (χ3v) is 3.81. The quantitative estimate of drug-likeness (QED) is 0.794. The van der Waals surface area contributed by atoms with E-state index in [9.17, 15) is 9.18 Å². The smallest absolute Gasteiger partial charge is 0.252 e. The molecule has 0 saturated heterocycles. The summed E-state index contributed by atoms with van der Waals surface area (Å²) >= 11 is 0. The molecular weight excluding hydrogens is 319 g/mol. The SMILES string of the molecule is Cc1cc(C)nc(CCNC(=O)c2cc(C)nc3cc(F)ccc23)n1. The van der Waals surface area contributed by atoms with E-state index >= 15 is 0 Å². The number of hydrogen-bond acceptors (Lipinski definition) is 4. The van der Waals surface area contributed by atoms with Gasteiger partial charge in [0.05, 0.1) is 11.1 Å². The molecule has 25 heavy (non-hydrogen) atoms. The predicted molar refractivity (Wildman–Crippen MR) is 94.0 cm³/mol. The minimum Gasteiger partial charge on any atom is -0.352 e. The van der Waals surface area contributed by atoms with E-state index < -0.39 is 0 Å². The van der Waals surface area contributed by atoms with E-state index in [1.807, 2.05) is 19.9 Å². The van der Waals surface area contributed by atoms with Crippen LogP contribution in [0.25, 0.3) is 10.9 Å². The van der Waals surface area contributed by atoms with Crippen LogP contribution in [0.2, 0.25) is 0 Å². The second-order valence-electron chi connectivity index (χ2n) is 6.05. The molecule has 3 aromatic rings. The molecule has 1 amide bonds. The molecule has 0 bridgehead atoms. The van der Waals surface area contributed by atoms with Crippen LogP contribution in [0.3, 0.4) is 0 Å². The van der Waals surface area contributed by atoms with Gasteiger partial charge in [0.15, 0.2) is 0 Å². The van der Waals surface area contributed by atoms with Gasteiger partial charge in [-0.05, 0) is 45.0 Å². The molecule has 5 nitrogen and oxygen atoms in total. The Morgan fingerprint density at radius 2 is 1.68 bits per heavy atom. The molecule has 0 spiro atoms. The van der Waals surface area contributed by atoms with Crippen LogP contribution in [0.15, 0.2) is 30.3 Å². The van der Waals surface area contributed by atoms with E-state index in [0.717, 1.165) is 11.4 Å². The topological polar surface area (TPSA) is 67.8 Å². The molecule has 0 aliphatic carbocycles. The van der Waals surface area contributed by atoms with Crippen molar-refractivity contribution in [3.05, 3.63) is 64.6 Å². The van der Waals surface area contributed by atoms with Crippen LogP contribution in [-0.4, -0.2) is 27.4 Å². The summed E-state index contributed by atoms with van der Waals surface area (Å²) in [5.74, 6) is 0.117. The van der Waals surface area contributed by atoms with Gasteiger partial charge in [-0.2, -0.15) is 0 Å². The largest absolute Gasteiger partial charge is 0.352 e. The first-order valence-electron chi connectivity index (χ1n) is 8.08. The Hall–Kier alpha value is -2.89. The molecule has 0 aliphatic rings. The number of carbonyl (C=O) groups excluding carboxylic acids is 1. The normalized spacial score (nSPS) is 10.9. The number of nitrogens with one attached hydrogen (secondary N) is 1. The van der Waals surface area contributed by atoms with Crippen LogP contribution >= 0.6 is 0 Å². The summed E-state index contributed by atoms with van der Waals surface area (Å²) in [6.45, 7) is 6.04. The molecule has 0 unspecified atom stereocenters. The number of rotatable bonds is 4. The van der Waals surface area contributed by atoms with E-state index in [0.29, 0.717) is 41.0 Å². The van der Waals surface area contributed by atoms with Crippen molar-refractivity contribution in [2.75, 3.05) is 6.54 Å². The standard InChI is InChI=1S/C19H19FN4O/c1-11-8-12(2)24-18(23-11)6-7-21-19(25)16-9-13(3)22-17-10-14(20)4-5-15(16)17/h4-5,8-10H,6-7H2,1-3H3,(H,21,25). The van der Waals surface area contributed by atoms with Crippen molar-refractivity contribution in [2.45, 2.75) is 27.2 Å². The highest BCUT2D eigenvalue weighted by Gasteiger charge is 2.12. The van der Waals surface area contributed by atoms with Gasteiger partial charge in [-0.3, -0.25) is 9.78 Å². The molecule has 6 heteroatoms. The van der Waals surface area contributed by atoms with Gasteiger partial charge in [0.25, 0.3) is 5.91 Å². The highest BCUT2D eigenvalue weighted by Crippen LogP contribution is 2.19. The Labute approximate surface area is 145 Å². The zero-order valence-corrected chi connectivity index (χ0v) is 14.4. The number of amides is 1. The maximum absolute atomic E-state index is 13.4. The highest BCUT2D eigenvalue weighted by atomic mass is 19.1. The first-order chi connectivity index (χ1) is 11.9. The fourth-order valence-corrected chi connectivity index (χ4v) is 2.82. The van der Waals surface area contributed by atoms with E-state index in [4.69, 9.17) is 0 Å². The Bertz CT molecular complexity index is 930. The molecule has 128 valence electrons. The van der Waals surface area contributed by atoms with Crippen molar-refractivity contribution in [3.8, 4) is 0 Å². The number of aryl methyl sites for hydroxylation is 3. The molecule has 3 rings (SSSR count). The fourth-order valence-electron chi connectivity index (χ4n) is 2.82. The summed E-state index contributed by atoms with van der Waals surface area (Å²) in [5, 5.41) is 3.51. The van der Waals surface area contributed by atoms with Gasteiger partial charge in [0.2, 0.25) is 0 Å². The Kier molecular flexibility index (Phi) is 4.70. The number of hydrogen-bond donors (Lipinski definition) is 1. The van der Waals surface area contributed by atoms with Crippen molar-refractivity contribution in [3.63, 3.8) is 0 Å². The van der Waals surface area contributed by atoms with Gasteiger partial charge >= 0.3 is 0 Å². The monoisotopic (exact) mass is 338 g/mol. The fraction of sp³-hybridized carbons (Fsp3) is 0.263. The summed E-state index contributed by atoms with van der Waals surface area (Å²) in [6.07, 6.45) is 0.547. The van der Waals surface area contributed by atoms with Crippen molar-refractivity contribution in [1.82, 2.24) is 20.3 Å². The zero-order chi connectivity index (χ0) is 18.0. The van der Waals surface area contributed by atoms with E-state index in [2.05, 4.69) is 20.3 Å². The van der Waals surface area contributed by atoms with Gasteiger partial charge in [0, 0.05) is 41.5 Å². The number of aromatic nitrogens is 3. The number of pyridine rings is 1. The summed E-state index contributed by atoms with van der Waals surface area (Å²) < 4.78 is 13.4. The lowest BCUT2D eigenvalue weighted by atomic mass is 10.1. The number of halogens is 1. The summed E-state index contributed by atoms with van der Waals surface area (Å²) in [6, 6.07) is 7.87. The van der Waals surface area contributed by atoms with Crippen molar-refractivity contribution < 1.29 is 9.18 Å². The molecule has 0 radical (unpaired) electrons. The first kappa shape index (κ1) is 17.0. The van der Waals surface area contributed by atoms with Crippen molar-refractivity contribution in [1.29, 1.82) is 0 Å². The Morgan fingerprint density at radius 1 is 1.00 bits per heavy atom. The van der Waals surface area contributed by atoms with Crippen LogP contribution < -0.4 is 5.32 Å². The maximum atomic E-state index is 13.4. The molecule has 0 fully saturated rings. The number of fused-ring (bicyclic) bond motifs is 1. The van der Waals surface area contributed by atoms with Crippen LogP contribution in [-0.2, 0) is 6.42 Å². The molecule has 0 atom stereocenters. The van der Waals surface area contributed by atoms with Crippen LogP contribution in [0.4, 0.5) is 4.39 Å². The van der Waals surface area contributed by atoms with Crippen molar-refractivity contribution >= 4 is 16.8 Å².